The van der Waals surface area contributed by atoms with Crippen molar-refractivity contribution in [2.24, 2.45) is 0 Å². The van der Waals surface area contributed by atoms with Crippen LogP contribution in [0.1, 0.15) is 19.0 Å². The monoisotopic (exact) mass is 524 g/mol. The summed E-state index contributed by atoms with van der Waals surface area (Å²) in [7, 11) is 0. The zero-order chi connectivity index (χ0) is 27.1. The molecular weight excluding hydrogens is 497 g/mol. The van der Waals surface area contributed by atoms with Gasteiger partial charge in [0.15, 0.2) is 0 Å². The lowest BCUT2D eigenvalue weighted by Crippen LogP contribution is -2.25. The average molecular weight is 525 g/mol. The van der Waals surface area contributed by atoms with Gasteiger partial charge in [-0.3, -0.25) is 9.78 Å². The molecule has 1 saturated heterocycles. The number of aromatic nitrogens is 4. The van der Waals surface area contributed by atoms with Gasteiger partial charge in [0.25, 0.3) is 5.91 Å². The van der Waals surface area contributed by atoms with E-state index in [1.807, 2.05) is 6.08 Å². The Morgan fingerprint density at radius 1 is 1.18 bits per heavy atom. The van der Waals surface area contributed by atoms with E-state index in [-0.39, 0.29) is 23.1 Å². The van der Waals surface area contributed by atoms with Crippen LogP contribution < -0.4 is 5.32 Å². The minimum Gasteiger partial charge on any atom is -0.380 e. The van der Waals surface area contributed by atoms with E-state index >= 15 is 0 Å². The molecule has 11 heteroatoms. The molecule has 4 heterocycles. The average Bonchev–Trinajstić information content (AvgIpc) is 3.19. The molecule has 0 bridgehead atoms. The molecule has 0 unspecified atom stereocenters. The number of amides is 1. The summed E-state index contributed by atoms with van der Waals surface area (Å²) in [5.41, 5.74) is 0.994. The number of pyridine rings is 2. The Kier molecular flexibility index (Phi) is 8.37. The van der Waals surface area contributed by atoms with Crippen LogP contribution in [0, 0.1) is 0 Å². The molecule has 198 valence electrons. The minimum absolute atomic E-state index is 0.0947. The fourth-order valence-corrected chi connectivity index (χ4v) is 3.89. The van der Waals surface area contributed by atoms with Crippen molar-refractivity contribution in [2.45, 2.75) is 19.5 Å². The van der Waals surface area contributed by atoms with Crippen LogP contribution in [0.5, 0.6) is 0 Å². The molecule has 1 aliphatic heterocycles. The number of carbonyl (C=O) groups is 1. The van der Waals surface area contributed by atoms with Gasteiger partial charge in [-0.2, -0.15) is 18.3 Å². The molecule has 0 atom stereocenters. The number of allylic oxidation sites excluding steroid dienone is 3. The van der Waals surface area contributed by atoms with Gasteiger partial charge in [-0.05, 0) is 55.8 Å². The van der Waals surface area contributed by atoms with Crippen LogP contribution in [-0.2, 0) is 15.7 Å². The van der Waals surface area contributed by atoms with E-state index in [0.717, 1.165) is 29.4 Å². The molecule has 3 aromatic rings. The van der Waals surface area contributed by atoms with Crippen LogP contribution in [0.2, 0.25) is 0 Å². The van der Waals surface area contributed by atoms with Crippen LogP contribution in [0.3, 0.4) is 0 Å². The maximum atomic E-state index is 13.7. The van der Waals surface area contributed by atoms with Crippen LogP contribution in [0.15, 0.2) is 85.0 Å². The molecular formula is C27H27F3N6O2. The SMILES string of the molecule is C=C/C=C(\C=C(/C)C(=O)Nc1ccc(-n2nc(-c3cccnc3)cc2C(F)(F)F)cn1)N1CCCOCC1. The molecule has 38 heavy (non-hydrogen) atoms. The summed E-state index contributed by atoms with van der Waals surface area (Å²) in [6.07, 6.45) is 5.68. The fraction of sp³-hybridized carbons (Fsp3) is 0.259. The molecule has 0 radical (unpaired) electrons. The van der Waals surface area contributed by atoms with Crippen LogP contribution in [0.25, 0.3) is 16.9 Å². The number of anilines is 1. The van der Waals surface area contributed by atoms with Crippen molar-refractivity contribution >= 4 is 11.7 Å². The second kappa shape index (κ2) is 11.9. The fourth-order valence-electron chi connectivity index (χ4n) is 3.89. The lowest BCUT2D eigenvalue weighted by atomic mass is 10.2. The van der Waals surface area contributed by atoms with Gasteiger partial charge in [0.05, 0.1) is 24.2 Å². The lowest BCUT2D eigenvalue weighted by Gasteiger charge is -2.23. The van der Waals surface area contributed by atoms with E-state index in [1.165, 1.54) is 30.7 Å². The largest absolute Gasteiger partial charge is 0.433 e. The maximum absolute atomic E-state index is 13.7. The van der Waals surface area contributed by atoms with E-state index < -0.39 is 11.9 Å². The van der Waals surface area contributed by atoms with Gasteiger partial charge in [-0.1, -0.05) is 12.7 Å². The Morgan fingerprint density at radius 3 is 2.71 bits per heavy atom. The van der Waals surface area contributed by atoms with E-state index in [4.69, 9.17) is 4.74 Å². The highest BCUT2D eigenvalue weighted by Gasteiger charge is 2.36. The highest BCUT2D eigenvalue weighted by atomic mass is 19.4. The standard InChI is InChI=1S/C27H27F3N6O2/c1-3-6-21(35-11-5-13-38-14-12-35)15-19(2)26(37)33-25-9-8-22(18-32-25)36-24(27(28,29)30)16-23(34-36)20-7-4-10-31-17-20/h3-4,6-10,15-18H,1,5,11-14H2,2H3,(H,32,33,37)/b19-15+,21-6+. The Hall–Kier alpha value is -4.25. The van der Waals surface area contributed by atoms with Crippen molar-refractivity contribution in [3.8, 4) is 16.9 Å². The third-order valence-electron chi connectivity index (χ3n) is 5.79. The number of hydrogen-bond acceptors (Lipinski definition) is 6. The van der Waals surface area contributed by atoms with E-state index in [9.17, 15) is 18.0 Å². The van der Waals surface area contributed by atoms with Crippen LogP contribution >= 0.6 is 0 Å². The zero-order valence-electron chi connectivity index (χ0n) is 20.8. The van der Waals surface area contributed by atoms with Crippen molar-refractivity contribution in [1.82, 2.24) is 24.6 Å². The van der Waals surface area contributed by atoms with Gasteiger partial charge in [-0.15, -0.1) is 0 Å². The third kappa shape index (κ3) is 6.54. The predicted octanol–water partition coefficient (Wildman–Crippen LogP) is 5.03. The summed E-state index contributed by atoms with van der Waals surface area (Å²) in [4.78, 5) is 23.0. The molecule has 1 fully saturated rings. The van der Waals surface area contributed by atoms with Gasteiger partial charge in [0.2, 0.25) is 0 Å². The van der Waals surface area contributed by atoms with Crippen molar-refractivity contribution in [3.63, 3.8) is 0 Å². The van der Waals surface area contributed by atoms with Gasteiger partial charge in [0, 0.05) is 48.9 Å². The molecule has 0 spiro atoms. The molecule has 0 aromatic carbocycles. The summed E-state index contributed by atoms with van der Waals surface area (Å²) in [5.74, 6) is -0.197. The quantitative estimate of drug-likeness (QED) is 0.345. The molecule has 4 rings (SSSR count). The van der Waals surface area contributed by atoms with Crippen LogP contribution in [0.4, 0.5) is 19.0 Å². The number of ether oxygens (including phenoxy) is 1. The van der Waals surface area contributed by atoms with E-state index in [1.54, 1.807) is 31.2 Å². The zero-order valence-corrected chi connectivity index (χ0v) is 20.8. The Labute approximate surface area is 218 Å². The number of rotatable bonds is 7. The molecule has 3 aromatic heterocycles. The number of halogens is 3. The minimum atomic E-state index is -4.64. The van der Waals surface area contributed by atoms with E-state index in [0.29, 0.717) is 30.9 Å². The van der Waals surface area contributed by atoms with Crippen LogP contribution in [-0.4, -0.2) is 56.9 Å². The summed E-state index contributed by atoms with van der Waals surface area (Å²) in [6.45, 7) is 8.21. The first-order chi connectivity index (χ1) is 18.3. The number of nitrogens with zero attached hydrogens (tertiary/aromatic N) is 5. The normalized spacial score (nSPS) is 15.2. The highest BCUT2D eigenvalue weighted by Crippen LogP contribution is 2.34. The van der Waals surface area contributed by atoms with E-state index in [2.05, 4.69) is 31.9 Å². The van der Waals surface area contributed by atoms with Crippen molar-refractivity contribution < 1.29 is 22.7 Å². The topological polar surface area (TPSA) is 85.2 Å². The first-order valence-electron chi connectivity index (χ1n) is 12.0. The first-order valence-corrected chi connectivity index (χ1v) is 12.0. The van der Waals surface area contributed by atoms with Gasteiger partial charge < -0.3 is 15.0 Å². The maximum Gasteiger partial charge on any atom is 0.433 e. The number of hydrogen-bond donors (Lipinski definition) is 1. The van der Waals surface area contributed by atoms with Crippen molar-refractivity contribution in [1.29, 1.82) is 0 Å². The van der Waals surface area contributed by atoms with Crippen molar-refractivity contribution in [2.75, 3.05) is 31.6 Å². The second-order valence-corrected chi connectivity index (χ2v) is 8.53. The number of alkyl halides is 3. The Morgan fingerprint density at radius 2 is 2.03 bits per heavy atom. The van der Waals surface area contributed by atoms with Gasteiger partial charge >= 0.3 is 6.18 Å². The molecule has 0 saturated carbocycles. The Bertz CT molecular complexity index is 1320. The van der Waals surface area contributed by atoms with Crippen molar-refractivity contribution in [3.05, 3.63) is 90.7 Å². The first kappa shape index (κ1) is 26.8. The summed E-state index contributed by atoms with van der Waals surface area (Å²) in [6, 6.07) is 7.06. The molecule has 0 aliphatic carbocycles. The van der Waals surface area contributed by atoms with Gasteiger partial charge in [-0.25, -0.2) is 9.67 Å². The molecule has 1 N–H and O–H groups in total. The predicted molar refractivity (Wildman–Crippen MR) is 137 cm³/mol. The summed E-state index contributed by atoms with van der Waals surface area (Å²) >= 11 is 0. The lowest BCUT2D eigenvalue weighted by molar-refractivity contribution is -0.142. The summed E-state index contributed by atoms with van der Waals surface area (Å²) in [5, 5.41) is 6.81. The molecule has 1 amide bonds. The second-order valence-electron chi connectivity index (χ2n) is 8.53. The Balaban J connectivity index is 1.52. The molecule has 8 nitrogen and oxygen atoms in total. The number of nitrogens with one attached hydrogen (secondary N) is 1. The summed E-state index contributed by atoms with van der Waals surface area (Å²) < 4.78 is 47.5. The number of carbonyl (C=O) groups excluding carboxylic acids is 1. The van der Waals surface area contributed by atoms with Gasteiger partial charge in [0.1, 0.15) is 11.5 Å². The highest BCUT2D eigenvalue weighted by molar-refractivity contribution is 6.03. The molecule has 1 aliphatic rings. The smallest absolute Gasteiger partial charge is 0.380 e. The third-order valence-corrected chi connectivity index (χ3v) is 5.79.